The Hall–Kier alpha value is -0.0500. The molecule has 0 unspecified atom stereocenters. The van der Waals surface area contributed by atoms with Crippen molar-refractivity contribution in [3.05, 3.63) is 0 Å². The van der Waals surface area contributed by atoms with Crippen molar-refractivity contribution < 1.29 is 4.79 Å². The Labute approximate surface area is 109 Å². The van der Waals surface area contributed by atoms with E-state index in [0.717, 1.165) is 31.1 Å². The van der Waals surface area contributed by atoms with Crippen LogP contribution in [0.1, 0.15) is 64.7 Å². The fourth-order valence-electron chi connectivity index (χ4n) is 1.60. The van der Waals surface area contributed by atoms with Crippen LogP contribution in [0.15, 0.2) is 0 Å². The van der Waals surface area contributed by atoms with E-state index in [1.165, 1.54) is 32.1 Å². The number of rotatable bonds is 11. The molecule has 0 aliphatic carbocycles. The molecule has 16 heavy (non-hydrogen) atoms. The molecule has 0 aromatic rings. The molecule has 0 aliphatic rings. The third-order valence-electron chi connectivity index (χ3n) is 2.64. The number of hydrogen-bond donors (Lipinski definition) is 1. The minimum atomic E-state index is 0.227. The maximum atomic E-state index is 11.4. The van der Waals surface area contributed by atoms with E-state index < -0.39 is 0 Å². The molecule has 0 saturated carbocycles. The van der Waals surface area contributed by atoms with E-state index in [9.17, 15) is 4.79 Å². The minimum Gasteiger partial charge on any atom is -0.356 e. The van der Waals surface area contributed by atoms with Gasteiger partial charge in [0.2, 0.25) is 5.91 Å². The topological polar surface area (TPSA) is 29.1 Å². The van der Waals surface area contributed by atoms with Gasteiger partial charge in [0.15, 0.2) is 0 Å². The minimum absolute atomic E-state index is 0.227. The quantitative estimate of drug-likeness (QED) is 0.452. The Morgan fingerprint density at radius 3 is 2.38 bits per heavy atom. The van der Waals surface area contributed by atoms with Crippen LogP contribution in [0.2, 0.25) is 0 Å². The van der Waals surface area contributed by atoms with Crippen LogP contribution in [0, 0.1) is 0 Å². The molecular weight excluding hydrogens is 266 g/mol. The molecule has 2 nitrogen and oxygen atoms in total. The molecule has 0 fully saturated rings. The summed E-state index contributed by atoms with van der Waals surface area (Å²) in [6, 6.07) is 0. The largest absolute Gasteiger partial charge is 0.356 e. The average Bonchev–Trinajstić information content (AvgIpc) is 2.29. The van der Waals surface area contributed by atoms with Gasteiger partial charge in [-0.3, -0.25) is 4.79 Å². The van der Waals surface area contributed by atoms with Gasteiger partial charge in [-0.05, 0) is 19.3 Å². The summed E-state index contributed by atoms with van der Waals surface area (Å²) in [5.41, 5.74) is 0. The summed E-state index contributed by atoms with van der Waals surface area (Å²) in [7, 11) is 0. The second kappa shape index (κ2) is 13.0. The van der Waals surface area contributed by atoms with Crippen molar-refractivity contribution in [3.63, 3.8) is 0 Å². The zero-order valence-electron chi connectivity index (χ0n) is 10.6. The first-order chi connectivity index (χ1) is 7.81. The lowest BCUT2D eigenvalue weighted by Gasteiger charge is -2.04. The molecule has 0 heterocycles. The molecule has 1 N–H and O–H groups in total. The van der Waals surface area contributed by atoms with Crippen molar-refractivity contribution in [1.29, 1.82) is 0 Å². The number of carbonyl (C=O) groups is 1. The summed E-state index contributed by atoms with van der Waals surface area (Å²) in [5.74, 6) is 0.227. The van der Waals surface area contributed by atoms with Gasteiger partial charge in [-0.15, -0.1) is 0 Å². The van der Waals surface area contributed by atoms with Gasteiger partial charge in [0.05, 0.1) is 0 Å². The highest BCUT2D eigenvalue weighted by atomic mass is 79.9. The Bertz CT molecular complexity index is 162. The van der Waals surface area contributed by atoms with Gasteiger partial charge in [0, 0.05) is 18.3 Å². The first-order valence-corrected chi connectivity index (χ1v) is 7.76. The SMILES string of the molecule is CCCCCCCCC(=O)NCCCCBr. The lowest BCUT2D eigenvalue weighted by molar-refractivity contribution is -0.121. The van der Waals surface area contributed by atoms with Gasteiger partial charge < -0.3 is 5.32 Å². The third kappa shape index (κ3) is 12.0. The Kier molecular flexibility index (Phi) is 13.0. The molecular formula is C13H26BrNO. The molecule has 0 atom stereocenters. The monoisotopic (exact) mass is 291 g/mol. The van der Waals surface area contributed by atoms with Gasteiger partial charge in [0.25, 0.3) is 0 Å². The van der Waals surface area contributed by atoms with Crippen LogP contribution in [0.4, 0.5) is 0 Å². The van der Waals surface area contributed by atoms with Gasteiger partial charge in [-0.2, -0.15) is 0 Å². The van der Waals surface area contributed by atoms with Gasteiger partial charge >= 0.3 is 0 Å². The van der Waals surface area contributed by atoms with Crippen molar-refractivity contribution in [1.82, 2.24) is 5.32 Å². The summed E-state index contributed by atoms with van der Waals surface area (Å²) in [6.45, 7) is 3.06. The van der Waals surface area contributed by atoms with E-state index in [-0.39, 0.29) is 5.91 Å². The summed E-state index contributed by atoms with van der Waals surface area (Å²) >= 11 is 3.38. The van der Waals surface area contributed by atoms with Crippen molar-refractivity contribution in [3.8, 4) is 0 Å². The number of hydrogen-bond acceptors (Lipinski definition) is 1. The second-order valence-electron chi connectivity index (χ2n) is 4.26. The lowest BCUT2D eigenvalue weighted by atomic mass is 10.1. The van der Waals surface area contributed by atoms with Gasteiger partial charge in [-0.25, -0.2) is 0 Å². The standard InChI is InChI=1S/C13H26BrNO/c1-2-3-4-5-6-7-10-13(16)15-12-9-8-11-14/h2-12H2,1H3,(H,15,16). The Morgan fingerprint density at radius 2 is 1.69 bits per heavy atom. The first kappa shape index (κ1) is 16.0. The predicted molar refractivity (Wildman–Crippen MR) is 74.0 cm³/mol. The second-order valence-corrected chi connectivity index (χ2v) is 5.06. The van der Waals surface area contributed by atoms with Crippen LogP contribution in [0.5, 0.6) is 0 Å². The fourth-order valence-corrected chi connectivity index (χ4v) is 2.00. The molecule has 0 bridgehead atoms. The number of carbonyl (C=O) groups excluding carboxylic acids is 1. The number of halogens is 1. The van der Waals surface area contributed by atoms with E-state index in [2.05, 4.69) is 28.2 Å². The first-order valence-electron chi connectivity index (χ1n) is 6.64. The molecule has 0 aromatic carbocycles. The van der Waals surface area contributed by atoms with Crippen LogP contribution >= 0.6 is 15.9 Å². The predicted octanol–water partition coefficient (Wildman–Crippen LogP) is 4.03. The molecule has 0 aliphatic heterocycles. The summed E-state index contributed by atoms with van der Waals surface area (Å²) in [4.78, 5) is 11.4. The maximum absolute atomic E-state index is 11.4. The highest BCUT2D eigenvalue weighted by Gasteiger charge is 1.99. The van der Waals surface area contributed by atoms with E-state index in [0.29, 0.717) is 6.42 Å². The van der Waals surface area contributed by atoms with Crippen LogP contribution in [0.25, 0.3) is 0 Å². The third-order valence-corrected chi connectivity index (χ3v) is 3.20. The van der Waals surface area contributed by atoms with Crippen LogP contribution in [-0.2, 0) is 4.79 Å². The molecule has 3 heteroatoms. The molecule has 0 radical (unpaired) electrons. The zero-order valence-corrected chi connectivity index (χ0v) is 12.2. The number of amides is 1. The van der Waals surface area contributed by atoms with Crippen molar-refractivity contribution in [2.75, 3.05) is 11.9 Å². The van der Waals surface area contributed by atoms with E-state index in [1.807, 2.05) is 0 Å². The Balaban J connectivity index is 3.11. The van der Waals surface area contributed by atoms with E-state index in [1.54, 1.807) is 0 Å². The smallest absolute Gasteiger partial charge is 0.219 e. The molecule has 0 spiro atoms. The van der Waals surface area contributed by atoms with E-state index in [4.69, 9.17) is 0 Å². The normalized spacial score (nSPS) is 10.4. The summed E-state index contributed by atoms with van der Waals surface area (Å²) in [6.07, 6.45) is 10.4. The van der Waals surface area contributed by atoms with Crippen LogP contribution < -0.4 is 5.32 Å². The molecule has 0 rings (SSSR count). The summed E-state index contributed by atoms with van der Waals surface area (Å²) < 4.78 is 0. The lowest BCUT2D eigenvalue weighted by Crippen LogP contribution is -2.24. The van der Waals surface area contributed by atoms with Gasteiger partial charge in [-0.1, -0.05) is 55.0 Å². The number of unbranched alkanes of at least 4 members (excludes halogenated alkanes) is 6. The average molecular weight is 292 g/mol. The molecule has 1 amide bonds. The van der Waals surface area contributed by atoms with Crippen LogP contribution in [0.3, 0.4) is 0 Å². The maximum Gasteiger partial charge on any atom is 0.219 e. The molecule has 96 valence electrons. The highest BCUT2D eigenvalue weighted by molar-refractivity contribution is 9.09. The van der Waals surface area contributed by atoms with Crippen molar-refractivity contribution in [2.45, 2.75) is 64.7 Å². The summed E-state index contributed by atoms with van der Waals surface area (Å²) in [5, 5.41) is 3.99. The van der Waals surface area contributed by atoms with Crippen LogP contribution in [-0.4, -0.2) is 17.8 Å². The molecule has 0 saturated heterocycles. The van der Waals surface area contributed by atoms with E-state index >= 15 is 0 Å². The number of alkyl halides is 1. The number of nitrogens with one attached hydrogen (secondary N) is 1. The van der Waals surface area contributed by atoms with Crippen molar-refractivity contribution >= 4 is 21.8 Å². The van der Waals surface area contributed by atoms with Gasteiger partial charge in [0.1, 0.15) is 0 Å². The van der Waals surface area contributed by atoms with Crippen molar-refractivity contribution in [2.24, 2.45) is 0 Å². The Morgan fingerprint density at radius 1 is 1.00 bits per heavy atom. The highest BCUT2D eigenvalue weighted by Crippen LogP contribution is 2.06. The fraction of sp³-hybridized carbons (Fsp3) is 0.923. The molecule has 0 aromatic heterocycles. The zero-order chi connectivity index (χ0) is 12.1.